The van der Waals surface area contributed by atoms with Gasteiger partial charge in [-0.1, -0.05) is 0 Å². The van der Waals surface area contributed by atoms with Crippen molar-refractivity contribution >= 4 is 0 Å². The van der Waals surface area contributed by atoms with Crippen LogP contribution in [0.4, 0.5) is 0 Å². The molecule has 3 heteroatoms. The third-order valence-electron chi connectivity index (χ3n) is 4.56. The molecule has 0 unspecified atom stereocenters. The van der Waals surface area contributed by atoms with Gasteiger partial charge in [-0.05, 0) is 0 Å². The van der Waals surface area contributed by atoms with Crippen LogP contribution in [0.3, 0.4) is 0 Å². The number of fused-ring (bicyclic) bond motifs is 3. The van der Waals surface area contributed by atoms with Crippen LogP contribution >= 0.6 is 0 Å². The summed E-state index contributed by atoms with van der Waals surface area (Å²) >= 11 is -0.623. The van der Waals surface area contributed by atoms with E-state index in [1.807, 2.05) is 0 Å². The Labute approximate surface area is 162 Å². The molecule has 0 aromatic heterocycles. The Balaban J connectivity index is 0.000000960. The van der Waals surface area contributed by atoms with Crippen LogP contribution in [0, 0.1) is 0 Å². The van der Waals surface area contributed by atoms with Crippen molar-refractivity contribution in [2.75, 3.05) is 0 Å². The normalized spacial score (nSPS) is 14.7. The first-order chi connectivity index (χ1) is 10.4. The summed E-state index contributed by atoms with van der Waals surface area (Å²) in [6, 6.07) is 18.1. The first-order valence-corrected chi connectivity index (χ1v) is 10.4. The molecule has 23 heavy (non-hydrogen) atoms. The van der Waals surface area contributed by atoms with Crippen LogP contribution in [0.5, 0.6) is 0 Å². The summed E-state index contributed by atoms with van der Waals surface area (Å²) in [5.74, 6) is 0. The van der Waals surface area contributed by atoms with Crippen LogP contribution in [0.1, 0.15) is 34.5 Å². The van der Waals surface area contributed by atoms with E-state index in [1.165, 1.54) is 24.0 Å². The first-order valence-electron chi connectivity index (χ1n) is 7.72. The number of hydrogen-bond donors (Lipinski definition) is 0. The van der Waals surface area contributed by atoms with E-state index in [4.69, 9.17) is 0 Å². The van der Waals surface area contributed by atoms with E-state index in [1.54, 1.807) is 20.0 Å². The quantitative estimate of drug-likeness (QED) is 0.627. The van der Waals surface area contributed by atoms with Crippen molar-refractivity contribution in [2.45, 2.75) is 23.4 Å². The molecule has 0 saturated heterocycles. The van der Waals surface area contributed by atoms with E-state index in [0.29, 0.717) is 3.63 Å². The average Bonchev–Trinajstić information content (AvgIpc) is 3.11. The summed E-state index contributed by atoms with van der Waals surface area (Å²) in [5.41, 5.74) is 7.75. The minimum absolute atomic E-state index is 0. The number of halogens is 2. The Hall–Kier alpha value is -0.617. The van der Waals surface area contributed by atoms with Crippen molar-refractivity contribution in [3.05, 3.63) is 80.7 Å². The van der Waals surface area contributed by atoms with Crippen LogP contribution < -0.4 is 24.8 Å². The Morgan fingerprint density at radius 2 is 1.48 bits per heavy atom. The molecule has 116 valence electrons. The maximum Gasteiger partial charge on any atom is -1.00 e. The molecule has 0 fully saturated rings. The van der Waals surface area contributed by atoms with Crippen molar-refractivity contribution in [3.8, 4) is 11.1 Å². The first kappa shape index (κ1) is 18.7. The summed E-state index contributed by atoms with van der Waals surface area (Å²) < 4.78 is 2.51. The van der Waals surface area contributed by atoms with Gasteiger partial charge in [-0.25, -0.2) is 0 Å². The van der Waals surface area contributed by atoms with Crippen molar-refractivity contribution < 1.29 is 48.0 Å². The molecular formula is C20H18Cl2Zr. The van der Waals surface area contributed by atoms with E-state index < -0.39 is 23.2 Å². The van der Waals surface area contributed by atoms with Gasteiger partial charge >= 0.3 is 138 Å². The van der Waals surface area contributed by atoms with E-state index in [0.717, 1.165) is 0 Å². The van der Waals surface area contributed by atoms with Gasteiger partial charge in [0.15, 0.2) is 0 Å². The number of rotatable bonds is 3. The van der Waals surface area contributed by atoms with Gasteiger partial charge in [-0.15, -0.1) is 0 Å². The maximum atomic E-state index is 2.36. The van der Waals surface area contributed by atoms with Crippen LogP contribution in [-0.2, 0) is 23.2 Å². The summed E-state index contributed by atoms with van der Waals surface area (Å²) in [6.07, 6.45) is 7.14. The van der Waals surface area contributed by atoms with Gasteiger partial charge in [0.1, 0.15) is 0 Å². The Morgan fingerprint density at radius 3 is 2.04 bits per heavy atom. The van der Waals surface area contributed by atoms with Crippen LogP contribution in [0.15, 0.2) is 69.5 Å². The van der Waals surface area contributed by atoms with Gasteiger partial charge in [-0.3, -0.25) is 0 Å². The predicted octanol–water partition coefficient (Wildman–Crippen LogP) is -0.529. The van der Waals surface area contributed by atoms with Gasteiger partial charge in [0.25, 0.3) is 0 Å². The van der Waals surface area contributed by atoms with Gasteiger partial charge in [0.05, 0.1) is 0 Å². The SMILES string of the molecule is CCC1=[C]([Zr+2][CH]2c3ccccc3-c3ccccc32)CC=C1.[Cl-].[Cl-]. The van der Waals surface area contributed by atoms with Gasteiger partial charge < -0.3 is 24.8 Å². The predicted molar refractivity (Wildman–Crippen MR) is 84.8 cm³/mol. The number of benzene rings is 2. The van der Waals surface area contributed by atoms with Crippen molar-refractivity contribution in [2.24, 2.45) is 0 Å². The topological polar surface area (TPSA) is 0 Å². The molecule has 0 spiro atoms. The third-order valence-corrected chi connectivity index (χ3v) is 8.95. The van der Waals surface area contributed by atoms with E-state index in [2.05, 4.69) is 67.6 Å². The maximum absolute atomic E-state index is 2.36. The van der Waals surface area contributed by atoms with Crippen LogP contribution in [0.25, 0.3) is 11.1 Å². The minimum atomic E-state index is -0.623. The van der Waals surface area contributed by atoms with Crippen molar-refractivity contribution in [1.29, 1.82) is 0 Å². The second-order valence-corrected chi connectivity index (χ2v) is 9.33. The summed E-state index contributed by atoms with van der Waals surface area (Å²) in [7, 11) is 0. The molecule has 0 saturated carbocycles. The minimum Gasteiger partial charge on any atom is -1.00 e. The molecular weight excluding hydrogens is 402 g/mol. The summed E-state index contributed by atoms with van der Waals surface area (Å²) in [5, 5.41) is 0. The van der Waals surface area contributed by atoms with Crippen molar-refractivity contribution in [1.82, 2.24) is 0 Å². The summed E-state index contributed by atoms with van der Waals surface area (Å²) in [6.45, 7) is 2.29. The molecule has 2 aromatic carbocycles. The molecule has 4 rings (SSSR count). The van der Waals surface area contributed by atoms with Gasteiger partial charge in [0.2, 0.25) is 0 Å². The fourth-order valence-corrected chi connectivity index (χ4v) is 8.05. The standard InChI is InChI=1S/C13H9.C7H9.2ClH.Zr/c1-3-7-12-10(5-1)9-11-6-2-4-8-13(11)12;1-2-7-5-3-4-6-7;;;/h1-9H;3,5H,2,4H2,1H3;2*1H;/q;;;;+2/p-2. The molecule has 0 nitrogen and oxygen atoms in total. The monoisotopic (exact) mass is 418 g/mol. The molecule has 0 heterocycles. The van der Waals surface area contributed by atoms with Crippen molar-refractivity contribution in [3.63, 3.8) is 0 Å². The number of hydrogen-bond acceptors (Lipinski definition) is 0. The van der Waals surface area contributed by atoms with Crippen LogP contribution in [-0.4, -0.2) is 0 Å². The van der Waals surface area contributed by atoms with Crippen LogP contribution in [0.2, 0.25) is 0 Å². The second-order valence-electron chi connectivity index (χ2n) is 5.72. The molecule has 2 aromatic rings. The Kier molecular flexibility index (Phi) is 6.49. The zero-order chi connectivity index (χ0) is 14.2. The molecule has 0 radical (unpaired) electrons. The zero-order valence-electron chi connectivity index (χ0n) is 13.0. The van der Waals surface area contributed by atoms with E-state index >= 15 is 0 Å². The number of allylic oxidation sites excluding steroid dienone is 4. The molecule has 2 aliphatic rings. The van der Waals surface area contributed by atoms with E-state index in [9.17, 15) is 0 Å². The molecule has 0 N–H and O–H groups in total. The van der Waals surface area contributed by atoms with Gasteiger partial charge in [0, 0.05) is 0 Å². The fraction of sp³-hybridized carbons (Fsp3) is 0.200. The smallest absolute Gasteiger partial charge is 1.00 e. The zero-order valence-corrected chi connectivity index (χ0v) is 17.0. The molecule has 0 aliphatic heterocycles. The largest absolute Gasteiger partial charge is 1.00 e. The molecule has 2 aliphatic carbocycles. The second kappa shape index (κ2) is 7.97. The fourth-order valence-electron chi connectivity index (χ4n) is 3.52. The average molecular weight is 420 g/mol. The molecule has 0 bridgehead atoms. The molecule has 0 amide bonds. The van der Waals surface area contributed by atoms with E-state index in [-0.39, 0.29) is 24.8 Å². The Bertz CT molecular complexity index is 716. The van der Waals surface area contributed by atoms with Gasteiger partial charge in [-0.2, -0.15) is 0 Å². The summed E-state index contributed by atoms with van der Waals surface area (Å²) in [4.78, 5) is 0. The molecule has 0 atom stereocenters. The Morgan fingerprint density at radius 1 is 0.913 bits per heavy atom. The third kappa shape index (κ3) is 3.29.